The summed E-state index contributed by atoms with van der Waals surface area (Å²) in [5.74, 6) is -0.491. The highest BCUT2D eigenvalue weighted by Gasteiger charge is 2.18. The van der Waals surface area contributed by atoms with Gasteiger partial charge in [0.05, 0.1) is 0 Å². The van der Waals surface area contributed by atoms with Crippen LogP contribution in [-0.2, 0) is 10.0 Å². The van der Waals surface area contributed by atoms with E-state index < -0.39 is 16.0 Å². The van der Waals surface area contributed by atoms with Gasteiger partial charge < -0.3 is 9.84 Å². The average molecular weight is 327 g/mol. The summed E-state index contributed by atoms with van der Waals surface area (Å²) in [5, 5.41) is 8.78. The van der Waals surface area contributed by atoms with Gasteiger partial charge in [0, 0.05) is 6.54 Å². The molecule has 1 heterocycles. The molecule has 2 rings (SSSR count). The van der Waals surface area contributed by atoms with Crippen LogP contribution in [0, 0.1) is 0 Å². The molecular weight excluding hydrogens is 314 g/mol. The van der Waals surface area contributed by atoms with Crippen molar-refractivity contribution < 1.29 is 23.1 Å². The molecule has 112 valence electrons. The highest BCUT2D eigenvalue weighted by atomic mass is 32.2. The highest BCUT2D eigenvalue weighted by Crippen LogP contribution is 2.21. The Balaban J connectivity index is 1.88. The normalized spacial score (nSPS) is 11.2. The van der Waals surface area contributed by atoms with Crippen LogP contribution in [0.4, 0.5) is 0 Å². The maximum absolute atomic E-state index is 11.9. The highest BCUT2D eigenvalue weighted by molar-refractivity contribution is 7.91. The molecule has 0 unspecified atom stereocenters. The second-order valence-corrected chi connectivity index (χ2v) is 7.06. The Morgan fingerprint density at radius 3 is 2.52 bits per heavy atom. The third-order valence-electron chi connectivity index (χ3n) is 2.46. The van der Waals surface area contributed by atoms with Gasteiger partial charge in [0.2, 0.25) is 10.0 Å². The van der Waals surface area contributed by atoms with E-state index in [1.165, 1.54) is 12.1 Å². The Morgan fingerprint density at radius 2 is 1.90 bits per heavy atom. The standard InChI is InChI=1S/C13H13NO5S2/c15-13(16)11-6-7-12(20-11)21(17,18)14-8-9-19-10-4-2-1-3-5-10/h1-7,14H,8-9H2,(H,15,16). The first-order valence-corrected chi connectivity index (χ1v) is 8.29. The lowest BCUT2D eigenvalue weighted by Crippen LogP contribution is -2.27. The predicted octanol–water partition coefficient (Wildman–Crippen LogP) is 1.80. The SMILES string of the molecule is O=C(O)c1ccc(S(=O)(=O)NCCOc2ccccc2)s1. The number of para-hydroxylation sites is 1. The van der Waals surface area contributed by atoms with Gasteiger partial charge in [0.25, 0.3) is 0 Å². The minimum atomic E-state index is -3.70. The van der Waals surface area contributed by atoms with E-state index in [0.29, 0.717) is 17.1 Å². The molecule has 0 radical (unpaired) electrons. The molecule has 0 aliphatic heterocycles. The molecule has 0 spiro atoms. The maximum atomic E-state index is 11.9. The maximum Gasteiger partial charge on any atom is 0.345 e. The molecule has 0 saturated carbocycles. The quantitative estimate of drug-likeness (QED) is 0.757. The lowest BCUT2D eigenvalue weighted by Gasteiger charge is -2.07. The van der Waals surface area contributed by atoms with Crippen LogP contribution in [0.15, 0.2) is 46.7 Å². The molecule has 1 aromatic heterocycles. The third-order valence-corrected chi connectivity index (χ3v) is 5.49. The van der Waals surface area contributed by atoms with Crippen molar-refractivity contribution in [1.82, 2.24) is 4.72 Å². The van der Waals surface area contributed by atoms with Crippen molar-refractivity contribution in [1.29, 1.82) is 0 Å². The zero-order valence-electron chi connectivity index (χ0n) is 10.9. The molecule has 0 atom stereocenters. The van der Waals surface area contributed by atoms with Gasteiger partial charge in [-0.1, -0.05) is 18.2 Å². The van der Waals surface area contributed by atoms with E-state index in [-0.39, 0.29) is 22.2 Å². The van der Waals surface area contributed by atoms with E-state index in [0.717, 1.165) is 0 Å². The van der Waals surface area contributed by atoms with Crippen LogP contribution in [0.3, 0.4) is 0 Å². The van der Waals surface area contributed by atoms with Gasteiger partial charge in [-0.15, -0.1) is 11.3 Å². The van der Waals surface area contributed by atoms with Crippen LogP contribution < -0.4 is 9.46 Å². The summed E-state index contributed by atoms with van der Waals surface area (Å²) in [6, 6.07) is 11.6. The van der Waals surface area contributed by atoms with Crippen molar-refractivity contribution in [2.45, 2.75) is 4.21 Å². The first-order chi connectivity index (χ1) is 9.99. The summed E-state index contributed by atoms with van der Waals surface area (Å²) in [6.45, 7) is 0.276. The zero-order chi connectivity index (χ0) is 15.3. The van der Waals surface area contributed by atoms with Crippen LogP contribution in [0.1, 0.15) is 9.67 Å². The largest absolute Gasteiger partial charge is 0.492 e. The van der Waals surface area contributed by atoms with Crippen molar-refractivity contribution in [3.63, 3.8) is 0 Å². The number of thiophene rings is 1. The summed E-state index contributed by atoms with van der Waals surface area (Å²) in [7, 11) is -3.70. The topological polar surface area (TPSA) is 92.7 Å². The second-order valence-electron chi connectivity index (χ2n) is 3.98. The molecule has 8 heteroatoms. The molecule has 0 aliphatic carbocycles. The molecule has 0 saturated heterocycles. The zero-order valence-corrected chi connectivity index (χ0v) is 12.5. The van der Waals surface area contributed by atoms with Gasteiger partial charge in [0.15, 0.2) is 0 Å². The van der Waals surface area contributed by atoms with Gasteiger partial charge in [-0.05, 0) is 24.3 Å². The Bertz CT molecular complexity index is 709. The van der Waals surface area contributed by atoms with E-state index in [4.69, 9.17) is 9.84 Å². The number of carboxylic acids is 1. The number of hydrogen-bond acceptors (Lipinski definition) is 5. The van der Waals surface area contributed by atoms with E-state index in [1.807, 2.05) is 18.2 Å². The summed E-state index contributed by atoms with van der Waals surface area (Å²) >= 11 is 0.712. The number of benzene rings is 1. The molecule has 21 heavy (non-hydrogen) atoms. The number of sulfonamides is 1. The van der Waals surface area contributed by atoms with Crippen LogP contribution in [-0.4, -0.2) is 32.6 Å². The number of rotatable bonds is 7. The van der Waals surface area contributed by atoms with Gasteiger partial charge in [-0.3, -0.25) is 0 Å². The average Bonchev–Trinajstić information content (AvgIpc) is 2.96. The van der Waals surface area contributed by atoms with E-state index >= 15 is 0 Å². The molecular formula is C13H13NO5S2. The number of hydrogen-bond donors (Lipinski definition) is 2. The molecule has 1 aromatic carbocycles. The van der Waals surface area contributed by atoms with Gasteiger partial charge >= 0.3 is 5.97 Å². The molecule has 0 fully saturated rings. The van der Waals surface area contributed by atoms with Crippen molar-refractivity contribution in [2.24, 2.45) is 0 Å². The lowest BCUT2D eigenvalue weighted by atomic mass is 10.3. The van der Waals surface area contributed by atoms with E-state index in [9.17, 15) is 13.2 Å². The Labute approximate surface area is 126 Å². The number of carbonyl (C=O) groups is 1. The number of carboxylic acid groups (broad SMARTS) is 1. The number of aromatic carboxylic acids is 1. The Kier molecular flexibility index (Phi) is 4.94. The molecule has 2 aromatic rings. The van der Waals surface area contributed by atoms with Crippen molar-refractivity contribution in [3.05, 3.63) is 47.3 Å². The summed E-state index contributed by atoms with van der Waals surface area (Å²) in [6.07, 6.45) is 0. The minimum absolute atomic E-state index is 0.0177. The molecule has 2 N–H and O–H groups in total. The van der Waals surface area contributed by atoms with Crippen LogP contribution >= 0.6 is 11.3 Å². The Hall–Kier alpha value is -1.90. The lowest BCUT2D eigenvalue weighted by molar-refractivity contribution is 0.0702. The summed E-state index contributed by atoms with van der Waals surface area (Å²) in [4.78, 5) is 10.7. The van der Waals surface area contributed by atoms with Gasteiger partial charge in [-0.2, -0.15) is 0 Å². The molecule has 6 nitrogen and oxygen atoms in total. The molecule has 0 amide bonds. The number of ether oxygens (including phenoxy) is 1. The fraction of sp³-hybridized carbons (Fsp3) is 0.154. The molecule has 0 aliphatic rings. The smallest absolute Gasteiger partial charge is 0.345 e. The van der Waals surface area contributed by atoms with Crippen molar-refractivity contribution in [3.8, 4) is 5.75 Å². The van der Waals surface area contributed by atoms with Crippen LogP contribution in [0.5, 0.6) is 5.75 Å². The van der Waals surface area contributed by atoms with Crippen molar-refractivity contribution >= 4 is 27.3 Å². The van der Waals surface area contributed by atoms with E-state index in [2.05, 4.69) is 4.72 Å². The van der Waals surface area contributed by atoms with Gasteiger partial charge in [0.1, 0.15) is 21.4 Å². The predicted molar refractivity (Wildman–Crippen MR) is 78.4 cm³/mol. The fourth-order valence-corrected chi connectivity index (χ4v) is 3.71. The van der Waals surface area contributed by atoms with Crippen molar-refractivity contribution in [2.75, 3.05) is 13.2 Å². The fourth-order valence-electron chi connectivity index (χ4n) is 1.51. The Morgan fingerprint density at radius 1 is 1.19 bits per heavy atom. The van der Waals surface area contributed by atoms with Crippen LogP contribution in [0.2, 0.25) is 0 Å². The second kappa shape index (κ2) is 6.70. The summed E-state index contributed by atoms with van der Waals surface area (Å²) < 4.78 is 31.6. The molecule has 0 bridgehead atoms. The first-order valence-electron chi connectivity index (χ1n) is 6.00. The summed E-state index contributed by atoms with van der Waals surface area (Å²) in [5.41, 5.74) is 0. The minimum Gasteiger partial charge on any atom is -0.492 e. The number of nitrogens with one attached hydrogen (secondary N) is 1. The first kappa shape index (κ1) is 15.5. The van der Waals surface area contributed by atoms with Crippen LogP contribution in [0.25, 0.3) is 0 Å². The monoisotopic (exact) mass is 327 g/mol. The van der Waals surface area contributed by atoms with E-state index in [1.54, 1.807) is 12.1 Å². The van der Waals surface area contributed by atoms with Gasteiger partial charge in [-0.25, -0.2) is 17.9 Å². The third kappa shape index (κ3) is 4.28.